The molecule has 0 bridgehead atoms. The third-order valence-electron chi connectivity index (χ3n) is 1.06. The van der Waals surface area contributed by atoms with Crippen LogP contribution in [0.4, 0.5) is 0 Å². The van der Waals surface area contributed by atoms with E-state index in [1.807, 2.05) is 0 Å². The van der Waals surface area contributed by atoms with Crippen molar-refractivity contribution in [1.82, 2.24) is 0 Å². The smallest absolute Gasteiger partial charge is 0.470 e. The van der Waals surface area contributed by atoms with Gasteiger partial charge >= 0.3 is 13.8 Å². The number of aliphatic carboxylic acids is 1. The van der Waals surface area contributed by atoms with Crippen LogP contribution in [0.3, 0.4) is 0 Å². The van der Waals surface area contributed by atoms with E-state index < -0.39 is 32.6 Å². The summed E-state index contributed by atoms with van der Waals surface area (Å²) in [6, 6.07) is 0. The highest BCUT2D eigenvalue weighted by atomic mass is 31.2. The zero-order valence-corrected chi connectivity index (χ0v) is 7.16. The lowest BCUT2D eigenvalue weighted by molar-refractivity contribution is -0.153. The van der Waals surface area contributed by atoms with E-state index in [2.05, 4.69) is 4.52 Å². The molecule has 2 atom stereocenters. The number of carboxylic acid groups (broad SMARTS) is 1. The predicted molar refractivity (Wildman–Crippen MR) is 37.6 cm³/mol. The molecule has 0 saturated carbocycles. The maximum absolute atomic E-state index is 10.2. The molecule has 0 spiro atoms. The van der Waals surface area contributed by atoms with Crippen LogP contribution >= 0.6 is 7.82 Å². The van der Waals surface area contributed by atoms with Crippen molar-refractivity contribution in [2.24, 2.45) is 0 Å². The molecule has 8 nitrogen and oxygen atoms in total. The van der Waals surface area contributed by atoms with Crippen LogP contribution in [-0.4, -0.2) is 49.9 Å². The van der Waals surface area contributed by atoms with E-state index in [4.69, 9.17) is 25.1 Å². The van der Waals surface area contributed by atoms with Crippen molar-refractivity contribution >= 4 is 13.8 Å². The summed E-state index contributed by atoms with van der Waals surface area (Å²) in [6.45, 7) is -1.02. The average Bonchev–Trinajstić information content (AvgIpc) is 1.97. The molecule has 0 saturated heterocycles. The van der Waals surface area contributed by atoms with Gasteiger partial charge in [-0.05, 0) is 0 Å². The van der Waals surface area contributed by atoms with Gasteiger partial charge in [0.15, 0.2) is 6.10 Å². The Morgan fingerprint density at radius 2 is 1.92 bits per heavy atom. The summed E-state index contributed by atoms with van der Waals surface area (Å²) in [5.41, 5.74) is 0. The third kappa shape index (κ3) is 4.94. The van der Waals surface area contributed by atoms with E-state index in [0.29, 0.717) is 0 Å². The van der Waals surface area contributed by atoms with Crippen LogP contribution in [0.1, 0.15) is 0 Å². The Morgan fingerprint density at radius 3 is 2.15 bits per heavy atom. The number of hydrogen-bond acceptors (Lipinski definition) is 5. The Morgan fingerprint density at radius 1 is 1.46 bits per heavy atom. The van der Waals surface area contributed by atoms with Gasteiger partial charge in [-0.3, -0.25) is 4.52 Å². The molecular formula is C4H9O8P. The fourth-order valence-electron chi connectivity index (χ4n) is 0.526. The van der Waals surface area contributed by atoms with E-state index in [0.717, 1.165) is 0 Å². The first-order valence-corrected chi connectivity index (χ1v) is 4.56. The van der Waals surface area contributed by atoms with E-state index in [9.17, 15) is 9.36 Å². The van der Waals surface area contributed by atoms with E-state index in [1.54, 1.807) is 0 Å². The van der Waals surface area contributed by atoms with Gasteiger partial charge in [-0.2, -0.15) is 0 Å². The lowest BCUT2D eigenvalue weighted by Gasteiger charge is -2.17. The molecule has 0 aromatic carbocycles. The Kier molecular flexibility index (Phi) is 4.48. The first-order valence-electron chi connectivity index (χ1n) is 3.03. The minimum absolute atomic E-state index is 1.02. The van der Waals surface area contributed by atoms with Crippen molar-refractivity contribution in [2.45, 2.75) is 12.2 Å². The number of aliphatic hydroxyl groups excluding tert-OH is 2. The number of carbonyl (C=O) groups is 1. The molecule has 78 valence electrons. The Hall–Kier alpha value is -0.500. The normalized spacial score (nSPS) is 16.6. The number of rotatable bonds is 5. The highest BCUT2D eigenvalue weighted by molar-refractivity contribution is 7.46. The highest BCUT2D eigenvalue weighted by Gasteiger charge is 2.32. The summed E-state index contributed by atoms with van der Waals surface area (Å²) in [4.78, 5) is 26.5. The molecule has 0 aromatic rings. The largest absolute Gasteiger partial charge is 0.479 e. The molecule has 0 fully saturated rings. The van der Waals surface area contributed by atoms with Crippen molar-refractivity contribution in [3.05, 3.63) is 0 Å². The standard InChI is InChI=1S/C4H9O8P/c5-1-2(3(6)4(7)8)12-13(9,10)11/h2-3,5-6H,1H2,(H,7,8)(H2,9,10,11). The predicted octanol–water partition coefficient (Wildman–Crippen LogP) is -2.10. The third-order valence-corrected chi connectivity index (χ3v) is 1.60. The van der Waals surface area contributed by atoms with Crippen molar-refractivity contribution in [2.75, 3.05) is 6.61 Å². The molecule has 0 heterocycles. The van der Waals surface area contributed by atoms with Gasteiger partial charge in [0.25, 0.3) is 0 Å². The van der Waals surface area contributed by atoms with Gasteiger partial charge in [0.05, 0.1) is 6.61 Å². The minimum atomic E-state index is -4.92. The number of phosphoric acid groups is 1. The van der Waals surface area contributed by atoms with E-state index >= 15 is 0 Å². The van der Waals surface area contributed by atoms with Gasteiger partial charge < -0.3 is 25.1 Å². The zero-order chi connectivity index (χ0) is 10.6. The zero-order valence-electron chi connectivity index (χ0n) is 6.27. The minimum Gasteiger partial charge on any atom is -0.479 e. The maximum Gasteiger partial charge on any atom is 0.470 e. The van der Waals surface area contributed by atoms with E-state index in [-0.39, 0.29) is 0 Å². The fourth-order valence-corrected chi connectivity index (χ4v) is 1.06. The molecule has 0 aliphatic carbocycles. The summed E-state index contributed by atoms with van der Waals surface area (Å²) in [5.74, 6) is -1.74. The molecule has 0 rings (SSSR count). The van der Waals surface area contributed by atoms with Crippen molar-refractivity contribution in [1.29, 1.82) is 0 Å². The molecule has 2 unspecified atom stereocenters. The first-order chi connectivity index (χ1) is 5.78. The number of hydrogen-bond donors (Lipinski definition) is 5. The van der Waals surface area contributed by atoms with Crippen LogP contribution in [0, 0.1) is 0 Å². The Bertz CT molecular complexity index is 220. The van der Waals surface area contributed by atoms with Crippen LogP contribution in [0.5, 0.6) is 0 Å². The molecule has 5 N–H and O–H groups in total. The number of phosphoric ester groups is 1. The molecule has 0 aliphatic rings. The van der Waals surface area contributed by atoms with Crippen LogP contribution < -0.4 is 0 Å². The second kappa shape index (κ2) is 4.66. The van der Waals surface area contributed by atoms with Gasteiger partial charge in [-0.15, -0.1) is 0 Å². The molecule has 0 aromatic heterocycles. The van der Waals surface area contributed by atoms with Gasteiger partial charge in [0, 0.05) is 0 Å². The number of aliphatic hydroxyl groups is 2. The van der Waals surface area contributed by atoms with Crippen molar-refractivity contribution in [3.8, 4) is 0 Å². The van der Waals surface area contributed by atoms with Crippen LogP contribution in [0.2, 0.25) is 0 Å². The quantitative estimate of drug-likeness (QED) is 0.328. The van der Waals surface area contributed by atoms with E-state index in [1.165, 1.54) is 0 Å². The second-order valence-corrected chi connectivity index (χ2v) is 3.29. The summed E-state index contributed by atoms with van der Waals surface area (Å²) in [5, 5.41) is 25.3. The lowest BCUT2D eigenvalue weighted by atomic mass is 10.2. The molecule has 9 heteroatoms. The molecule has 0 amide bonds. The van der Waals surface area contributed by atoms with Gasteiger partial charge in [-0.1, -0.05) is 0 Å². The summed E-state index contributed by atoms with van der Waals surface area (Å²) in [7, 11) is -4.92. The molecule has 13 heavy (non-hydrogen) atoms. The summed E-state index contributed by atoms with van der Waals surface area (Å²) >= 11 is 0. The maximum atomic E-state index is 10.2. The van der Waals surface area contributed by atoms with Crippen molar-refractivity contribution in [3.63, 3.8) is 0 Å². The van der Waals surface area contributed by atoms with Gasteiger partial charge in [0.2, 0.25) is 0 Å². The highest BCUT2D eigenvalue weighted by Crippen LogP contribution is 2.38. The monoisotopic (exact) mass is 216 g/mol. The van der Waals surface area contributed by atoms with Crippen LogP contribution in [0.15, 0.2) is 0 Å². The van der Waals surface area contributed by atoms with Crippen molar-refractivity contribution < 1.29 is 39.0 Å². The lowest BCUT2D eigenvalue weighted by Crippen LogP contribution is -2.37. The summed E-state index contributed by atoms with van der Waals surface area (Å²) < 4.78 is 14.0. The molecule has 0 aliphatic heterocycles. The Balaban J connectivity index is 4.35. The fraction of sp³-hybridized carbons (Fsp3) is 0.750. The van der Waals surface area contributed by atoms with Gasteiger partial charge in [-0.25, -0.2) is 9.36 Å². The van der Waals surface area contributed by atoms with Crippen LogP contribution in [0.25, 0.3) is 0 Å². The molecular weight excluding hydrogens is 207 g/mol. The first kappa shape index (κ1) is 12.5. The number of carboxylic acids is 1. The SMILES string of the molecule is O=C(O)C(O)C(CO)OP(=O)(O)O. The van der Waals surface area contributed by atoms with Gasteiger partial charge in [0.1, 0.15) is 6.10 Å². The van der Waals surface area contributed by atoms with Crippen LogP contribution in [-0.2, 0) is 13.9 Å². The Labute approximate surface area is 72.6 Å². The molecule has 0 radical (unpaired) electrons. The summed E-state index contributed by atoms with van der Waals surface area (Å²) in [6.07, 6.45) is -4.03. The topological polar surface area (TPSA) is 145 Å². The second-order valence-electron chi connectivity index (χ2n) is 2.10. The average molecular weight is 216 g/mol.